The van der Waals surface area contributed by atoms with E-state index in [4.69, 9.17) is 12.3 Å². The van der Waals surface area contributed by atoms with Gasteiger partial charge in [-0.25, -0.2) is 0 Å². The Morgan fingerprint density at radius 3 is 2.75 bits per heavy atom. The minimum atomic E-state index is -0.0203. The summed E-state index contributed by atoms with van der Waals surface area (Å²) in [6, 6.07) is 0.0466. The summed E-state index contributed by atoms with van der Waals surface area (Å²) < 4.78 is 4.01. The number of nitrogens with two attached hydrogens (primary N) is 1. The van der Waals surface area contributed by atoms with Gasteiger partial charge < -0.3 is 0 Å². The van der Waals surface area contributed by atoms with Crippen LogP contribution in [0.3, 0.4) is 0 Å². The molecule has 0 aromatic carbocycles. The Kier molecular flexibility index (Phi) is 4.42. The van der Waals surface area contributed by atoms with Crippen molar-refractivity contribution in [1.82, 2.24) is 15.0 Å². The fourth-order valence-electron chi connectivity index (χ4n) is 1.46. The maximum atomic E-state index is 5.55. The Morgan fingerprint density at radius 2 is 2.25 bits per heavy atom. The first-order valence-corrected chi connectivity index (χ1v) is 6.00. The lowest BCUT2D eigenvalue weighted by molar-refractivity contribution is 0.499. The number of nitrogens with one attached hydrogen (secondary N) is 1. The molecule has 0 aliphatic heterocycles. The topological polar surface area (TPSA) is 63.8 Å². The lowest BCUT2D eigenvalue weighted by Gasteiger charge is -2.20. The number of hydrogen-bond acceptors (Lipinski definition) is 5. The van der Waals surface area contributed by atoms with Crippen molar-refractivity contribution in [1.29, 1.82) is 0 Å². The summed E-state index contributed by atoms with van der Waals surface area (Å²) in [6.45, 7) is 6.34. The van der Waals surface area contributed by atoms with Gasteiger partial charge in [-0.2, -0.15) is 0 Å². The van der Waals surface area contributed by atoms with Crippen LogP contribution in [-0.4, -0.2) is 9.59 Å². The van der Waals surface area contributed by atoms with Crippen LogP contribution in [0.1, 0.15) is 50.2 Å². The highest BCUT2D eigenvalue weighted by molar-refractivity contribution is 7.05. The van der Waals surface area contributed by atoms with Crippen molar-refractivity contribution in [2.75, 3.05) is 0 Å². The maximum Gasteiger partial charge on any atom is 0.0857 e. The molecule has 16 heavy (non-hydrogen) atoms. The number of hydrogen-bond donors (Lipinski definition) is 2. The Morgan fingerprint density at radius 1 is 1.56 bits per heavy atom. The number of aromatic nitrogens is 2. The second-order valence-corrected chi connectivity index (χ2v) is 5.48. The van der Waals surface area contributed by atoms with Crippen molar-refractivity contribution >= 4 is 11.5 Å². The minimum absolute atomic E-state index is 0.0203. The van der Waals surface area contributed by atoms with Crippen LogP contribution in [0.4, 0.5) is 0 Å². The van der Waals surface area contributed by atoms with E-state index in [0.717, 1.165) is 17.0 Å². The van der Waals surface area contributed by atoms with Gasteiger partial charge in [0.05, 0.1) is 16.6 Å². The van der Waals surface area contributed by atoms with E-state index in [0.29, 0.717) is 6.42 Å². The van der Waals surface area contributed by atoms with Gasteiger partial charge in [0.15, 0.2) is 0 Å². The van der Waals surface area contributed by atoms with Crippen molar-refractivity contribution in [3.8, 4) is 12.3 Å². The molecule has 4 nitrogen and oxygen atoms in total. The van der Waals surface area contributed by atoms with Crippen LogP contribution >= 0.6 is 11.5 Å². The largest absolute Gasteiger partial charge is 0.271 e. The van der Waals surface area contributed by atoms with Crippen molar-refractivity contribution in [2.24, 2.45) is 5.84 Å². The van der Waals surface area contributed by atoms with Crippen molar-refractivity contribution in [2.45, 2.75) is 45.1 Å². The Labute approximate surface area is 101 Å². The van der Waals surface area contributed by atoms with Crippen molar-refractivity contribution in [3.63, 3.8) is 0 Å². The lowest BCUT2D eigenvalue weighted by atomic mass is 9.89. The van der Waals surface area contributed by atoms with E-state index in [1.54, 1.807) is 0 Å². The smallest absolute Gasteiger partial charge is 0.0857 e. The van der Waals surface area contributed by atoms with Crippen LogP contribution in [0, 0.1) is 12.3 Å². The molecule has 1 unspecified atom stereocenters. The lowest BCUT2D eigenvalue weighted by Crippen LogP contribution is -2.29. The molecular weight excluding hydrogens is 220 g/mol. The third-order valence-corrected chi connectivity index (χ3v) is 3.16. The second-order valence-electron chi connectivity index (χ2n) is 4.70. The normalized spacial score (nSPS) is 13.4. The average molecular weight is 238 g/mol. The molecule has 0 saturated carbocycles. The van der Waals surface area contributed by atoms with E-state index in [2.05, 4.69) is 41.7 Å². The van der Waals surface area contributed by atoms with E-state index in [-0.39, 0.29) is 11.5 Å². The summed E-state index contributed by atoms with van der Waals surface area (Å²) in [5.74, 6) is 8.17. The number of hydrazine groups is 1. The number of rotatable bonds is 4. The zero-order chi connectivity index (χ0) is 12.2. The SMILES string of the molecule is C#CCCC(NN)c1snnc1C(C)(C)C. The van der Waals surface area contributed by atoms with Crippen molar-refractivity contribution < 1.29 is 0 Å². The highest BCUT2D eigenvalue weighted by Gasteiger charge is 2.26. The van der Waals surface area contributed by atoms with E-state index in [1.807, 2.05) is 0 Å². The third kappa shape index (κ3) is 3.01. The van der Waals surface area contributed by atoms with Gasteiger partial charge in [-0.15, -0.1) is 17.4 Å². The fourth-order valence-corrected chi connectivity index (χ4v) is 2.42. The van der Waals surface area contributed by atoms with Crippen LogP contribution in [-0.2, 0) is 5.41 Å². The first kappa shape index (κ1) is 13.1. The molecule has 1 aromatic rings. The summed E-state index contributed by atoms with van der Waals surface area (Å²) in [6.07, 6.45) is 6.76. The minimum Gasteiger partial charge on any atom is -0.271 e. The van der Waals surface area contributed by atoms with Crippen LogP contribution < -0.4 is 11.3 Å². The van der Waals surface area contributed by atoms with Crippen molar-refractivity contribution in [3.05, 3.63) is 10.6 Å². The molecule has 0 radical (unpaired) electrons. The second kappa shape index (κ2) is 5.39. The molecule has 88 valence electrons. The standard InChI is InChI=1S/C11H18N4S/c1-5-6-7-8(13-12)9-10(11(2,3)4)14-15-16-9/h1,8,13H,6-7,12H2,2-4H3. The van der Waals surface area contributed by atoms with Gasteiger partial charge in [0.1, 0.15) is 0 Å². The first-order chi connectivity index (χ1) is 7.50. The molecule has 1 atom stereocenters. The maximum absolute atomic E-state index is 5.55. The van der Waals surface area contributed by atoms with Crippen LogP contribution in [0.15, 0.2) is 0 Å². The summed E-state index contributed by atoms with van der Waals surface area (Å²) >= 11 is 1.39. The number of terminal acetylenes is 1. The zero-order valence-corrected chi connectivity index (χ0v) is 10.8. The van der Waals surface area contributed by atoms with Crippen LogP contribution in [0.5, 0.6) is 0 Å². The molecule has 0 amide bonds. The monoisotopic (exact) mass is 238 g/mol. The van der Waals surface area contributed by atoms with E-state index in [1.165, 1.54) is 11.5 Å². The molecule has 0 aliphatic carbocycles. The predicted molar refractivity (Wildman–Crippen MR) is 66.7 cm³/mol. The van der Waals surface area contributed by atoms with Crippen LogP contribution in [0.25, 0.3) is 0 Å². The summed E-state index contributed by atoms with van der Waals surface area (Å²) in [4.78, 5) is 1.09. The molecule has 1 heterocycles. The van der Waals surface area contributed by atoms with Gasteiger partial charge in [-0.1, -0.05) is 25.3 Å². The summed E-state index contributed by atoms with van der Waals surface area (Å²) in [5, 5.41) is 4.19. The highest BCUT2D eigenvalue weighted by Crippen LogP contribution is 2.31. The van der Waals surface area contributed by atoms with E-state index in [9.17, 15) is 0 Å². The fraction of sp³-hybridized carbons (Fsp3) is 0.636. The van der Waals surface area contributed by atoms with E-state index >= 15 is 0 Å². The van der Waals surface area contributed by atoms with Gasteiger partial charge in [0.25, 0.3) is 0 Å². The molecule has 0 fully saturated rings. The summed E-state index contributed by atoms with van der Waals surface area (Å²) in [7, 11) is 0. The Balaban J connectivity index is 2.94. The molecule has 3 N–H and O–H groups in total. The Bertz CT molecular complexity index is 372. The van der Waals surface area contributed by atoms with Crippen LogP contribution in [0.2, 0.25) is 0 Å². The molecule has 5 heteroatoms. The van der Waals surface area contributed by atoms with Gasteiger partial charge in [0, 0.05) is 11.8 Å². The quantitative estimate of drug-likeness (QED) is 0.476. The van der Waals surface area contributed by atoms with Gasteiger partial charge in [-0.3, -0.25) is 11.3 Å². The summed E-state index contributed by atoms with van der Waals surface area (Å²) in [5.41, 5.74) is 3.76. The first-order valence-electron chi connectivity index (χ1n) is 5.23. The third-order valence-electron chi connectivity index (χ3n) is 2.32. The van der Waals surface area contributed by atoms with Gasteiger partial charge >= 0.3 is 0 Å². The molecule has 1 aromatic heterocycles. The van der Waals surface area contributed by atoms with E-state index < -0.39 is 0 Å². The molecular formula is C11H18N4S. The number of nitrogens with zero attached hydrogens (tertiary/aromatic N) is 2. The molecule has 0 bridgehead atoms. The molecule has 0 saturated heterocycles. The van der Waals surface area contributed by atoms with Gasteiger partial charge in [-0.05, 0) is 18.0 Å². The van der Waals surface area contributed by atoms with Gasteiger partial charge in [0.2, 0.25) is 0 Å². The molecule has 0 spiro atoms. The average Bonchev–Trinajstić information content (AvgIpc) is 2.67. The predicted octanol–water partition coefficient (Wildman–Crippen LogP) is 1.75. The Hall–Kier alpha value is -0.960. The highest BCUT2D eigenvalue weighted by atomic mass is 32.1. The molecule has 1 rings (SSSR count). The zero-order valence-electron chi connectivity index (χ0n) is 9.95. The molecule has 0 aliphatic rings.